The summed E-state index contributed by atoms with van der Waals surface area (Å²) in [7, 11) is 0. The lowest BCUT2D eigenvalue weighted by molar-refractivity contribution is -0.384. The zero-order valence-corrected chi connectivity index (χ0v) is 13.5. The van der Waals surface area contributed by atoms with Gasteiger partial charge in [-0.2, -0.15) is 0 Å². The standard InChI is InChI=1S/C18H18N2O4/c1-3-24-16-9-5-14(6-10-16)7-11-18(21)19-17-12-15(20(22)23)8-4-13(17)2/h4-12H,3H2,1-2H3,(H,19,21). The van der Waals surface area contributed by atoms with Gasteiger partial charge in [0.05, 0.1) is 17.2 Å². The molecule has 1 amide bonds. The quantitative estimate of drug-likeness (QED) is 0.495. The molecule has 0 aliphatic rings. The van der Waals surface area contributed by atoms with Crippen LogP contribution in [0.3, 0.4) is 0 Å². The van der Waals surface area contributed by atoms with Gasteiger partial charge in [0.25, 0.3) is 5.69 Å². The molecule has 0 unspecified atom stereocenters. The summed E-state index contributed by atoms with van der Waals surface area (Å²) in [5, 5.41) is 13.5. The van der Waals surface area contributed by atoms with Gasteiger partial charge in [0, 0.05) is 18.2 Å². The minimum atomic E-state index is -0.495. The molecule has 6 heteroatoms. The van der Waals surface area contributed by atoms with Gasteiger partial charge >= 0.3 is 0 Å². The normalized spacial score (nSPS) is 10.6. The Morgan fingerprint density at radius 3 is 2.58 bits per heavy atom. The SMILES string of the molecule is CCOc1ccc(C=CC(=O)Nc2cc([N+](=O)[O-])ccc2C)cc1. The van der Waals surface area contributed by atoms with E-state index in [0.717, 1.165) is 16.9 Å². The van der Waals surface area contributed by atoms with E-state index in [4.69, 9.17) is 4.74 Å². The molecule has 0 atom stereocenters. The van der Waals surface area contributed by atoms with Gasteiger partial charge in [0.15, 0.2) is 0 Å². The molecular weight excluding hydrogens is 308 g/mol. The van der Waals surface area contributed by atoms with Gasteiger partial charge in [-0.1, -0.05) is 18.2 Å². The molecule has 2 aromatic rings. The predicted octanol–water partition coefficient (Wildman–Crippen LogP) is 3.95. The van der Waals surface area contributed by atoms with E-state index in [-0.39, 0.29) is 11.6 Å². The lowest BCUT2D eigenvalue weighted by atomic mass is 10.1. The van der Waals surface area contributed by atoms with Gasteiger partial charge in [-0.05, 0) is 43.2 Å². The molecule has 2 aromatic carbocycles. The predicted molar refractivity (Wildman–Crippen MR) is 93.1 cm³/mol. The molecule has 0 saturated carbocycles. The molecule has 0 fully saturated rings. The van der Waals surface area contributed by atoms with E-state index in [9.17, 15) is 14.9 Å². The lowest BCUT2D eigenvalue weighted by Gasteiger charge is -2.06. The van der Waals surface area contributed by atoms with Gasteiger partial charge in [-0.15, -0.1) is 0 Å². The Kier molecular flexibility index (Phi) is 5.68. The van der Waals surface area contributed by atoms with Crippen LogP contribution in [0.4, 0.5) is 11.4 Å². The summed E-state index contributed by atoms with van der Waals surface area (Å²) >= 11 is 0. The number of nitro benzene ring substituents is 1. The first-order chi connectivity index (χ1) is 11.5. The fourth-order valence-corrected chi connectivity index (χ4v) is 2.05. The number of carbonyl (C=O) groups is 1. The maximum Gasteiger partial charge on any atom is 0.271 e. The van der Waals surface area contributed by atoms with Crippen molar-refractivity contribution in [3.63, 3.8) is 0 Å². The number of amides is 1. The van der Waals surface area contributed by atoms with E-state index in [1.54, 1.807) is 19.1 Å². The van der Waals surface area contributed by atoms with Crippen LogP contribution < -0.4 is 10.1 Å². The van der Waals surface area contributed by atoms with E-state index in [2.05, 4.69) is 5.32 Å². The first kappa shape index (κ1) is 17.2. The maximum absolute atomic E-state index is 12.0. The van der Waals surface area contributed by atoms with Crippen LogP contribution in [0, 0.1) is 17.0 Å². The van der Waals surface area contributed by atoms with Gasteiger partial charge in [-0.3, -0.25) is 14.9 Å². The number of carbonyl (C=O) groups excluding carboxylic acids is 1. The molecule has 0 aliphatic carbocycles. The number of aryl methyl sites for hydroxylation is 1. The Hall–Kier alpha value is -3.15. The van der Waals surface area contributed by atoms with Gasteiger partial charge in [0.2, 0.25) is 5.91 Å². The molecule has 0 bridgehead atoms. The van der Waals surface area contributed by atoms with Gasteiger partial charge in [-0.25, -0.2) is 0 Å². The smallest absolute Gasteiger partial charge is 0.271 e. The number of benzene rings is 2. The van der Waals surface area contributed by atoms with Crippen LogP contribution in [-0.2, 0) is 4.79 Å². The Morgan fingerprint density at radius 2 is 1.96 bits per heavy atom. The summed E-state index contributed by atoms with van der Waals surface area (Å²) in [4.78, 5) is 22.3. The summed E-state index contributed by atoms with van der Waals surface area (Å²) in [6.07, 6.45) is 3.05. The average Bonchev–Trinajstić information content (AvgIpc) is 2.56. The van der Waals surface area contributed by atoms with Crippen molar-refractivity contribution in [1.29, 1.82) is 0 Å². The molecule has 0 heterocycles. The number of nitrogens with zero attached hydrogens (tertiary/aromatic N) is 1. The Morgan fingerprint density at radius 1 is 1.25 bits per heavy atom. The highest BCUT2D eigenvalue weighted by atomic mass is 16.6. The monoisotopic (exact) mass is 326 g/mol. The fraction of sp³-hybridized carbons (Fsp3) is 0.167. The van der Waals surface area contributed by atoms with E-state index in [1.807, 2.05) is 31.2 Å². The number of non-ortho nitro benzene ring substituents is 1. The Bertz CT molecular complexity index is 767. The molecule has 24 heavy (non-hydrogen) atoms. The molecule has 0 radical (unpaired) electrons. The van der Waals surface area contributed by atoms with Crippen LogP contribution in [0.5, 0.6) is 5.75 Å². The number of nitrogens with one attached hydrogen (secondary N) is 1. The van der Waals surface area contributed by atoms with Crippen molar-refractivity contribution in [1.82, 2.24) is 0 Å². The van der Waals surface area contributed by atoms with Crippen LogP contribution >= 0.6 is 0 Å². The Balaban J connectivity index is 2.05. The topological polar surface area (TPSA) is 81.5 Å². The second-order valence-corrected chi connectivity index (χ2v) is 5.08. The minimum absolute atomic E-state index is 0.0635. The minimum Gasteiger partial charge on any atom is -0.494 e. The van der Waals surface area contributed by atoms with Crippen molar-refractivity contribution in [3.05, 3.63) is 69.8 Å². The third-order valence-electron chi connectivity index (χ3n) is 3.31. The van der Waals surface area contributed by atoms with Crippen molar-refractivity contribution in [2.24, 2.45) is 0 Å². The molecule has 0 aliphatic heterocycles. The third kappa shape index (κ3) is 4.67. The van der Waals surface area contributed by atoms with E-state index < -0.39 is 4.92 Å². The molecule has 0 aromatic heterocycles. The molecular formula is C18H18N2O4. The highest BCUT2D eigenvalue weighted by Crippen LogP contribution is 2.22. The van der Waals surface area contributed by atoms with Crippen molar-refractivity contribution in [2.75, 3.05) is 11.9 Å². The average molecular weight is 326 g/mol. The molecule has 2 rings (SSSR count). The third-order valence-corrected chi connectivity index (χ3v) is 3.31. The highest BCUT2D eigenvalue weighted by molar-refractivity contribution is 6.02. The van der Waals surface area contributed by atoms with Crippen molar-refractivity contribution in [3.8, 4) is 5.75 Å². The second-order valence-electron chi connectivity index (χ2n) is 5.08. The second kappa shape index (κ2) is 7.92. The molecule has 6 nitrogen and oxygen atoms in total. The largest absolute Gasteiger partial charge is 0.494 e. The van der Waals surface area contributed by atoms with Crippen LogP contribution in [-0.4, -0.2) is 17.4 Å². The number of anilines is 1. The van der Waals surface area contributed by atoms with Crippen molar-refractivity contribution >= 4 is 23.4 Å². The zero-order chi connectivity index (χ0) is 17.5. The number of hydrogen-bond acceptors (Lipinski definition) is 4. The first-order valence-electron chi connectivity index (χ1n) is 7.46. The van der Waals surface area contributed by atoms with Crippen LogP contribution in [0.2, 0.25) is 0 Å². The van der Waals surface area contributed by atoms with Gasteiger partial charge in [0.1, 0.15) is 5.75 Å². The molecule has 0 saturated heterocycles. The summed E-state index contributed by atoms with van der Waals surface area (Å²) < 4.78 is 5.35. The summed E-state index contributed by atoms with van der Waals surface area (Å²) in [5.74, 6) is 0.416. The van der Waals surface area contributed by atoms with E-state index >= 15 is 0 Å². The molecule has 124 valence electrons. The van der Waals surface area contributed by atoms with Crippen LogP contribution in [0.25, 0.3) is 6.08 Å². The number of hydrogen-bond donors (Lipinski definition) is 1. The van der Waals surface area contributed by atoms with Crippen molar-refractivity contribution in [2.45, 2.75) is 13.8 Å². The fourth-order valence-electron chi connectivity index (χ4n) is 2.05. The van der Waals surface area contributed by atoms with Crippen LogP contribution in [0.15, 0.2) is 48.5 Å². The summed E-state index contributed by atoms with van der Waals surface area (Å²) in [5.41, 5.74) is 1.96. The van der Waals surface area contributed by atoms with E-state index in [1.165, 1.54) is 18.2 Å². The number of ether oxygens (including phenoxy) is 1. The molecule has 1 N–H and O–H groups in total. The summed E-state index contributed by atoms with van der Waals surface area (Å²) in [6, 6.07) is 11.7. The number of nitro groups is 1. The maximum atomic E-state index is 12.0. The number of rotatable bonds is 6. The zero-order valence-electron chi connectivity index (χ0n) is 13.5. The lowest BCUT2D eigenvalue weighted by Crippen LogP contribution is -2.09. The summed E-state index contributed by atoms with van der Waals surface area (Å²) in [6.45, 7) is 4.28. The first-order valence-corrected chi connectivity index (χ1v) is 7.46. The molecule has 0 spiro atoms. The van der Waals surface area contributed by atoms with Crippen LogP contribution in [0.1, 0.15) is 18.1 Å². The Labute approximate surface area is 139 Å². The van der Waals surface area contributed by atoms with Gasteiger partial charge < -0.3 is 10.1 Å². The van der Waals surface area contributed by atoms with E-state index in [0.29, 0.717) is 12.3 Å². The van der Waals surface area contributed by atoms with Crippen molar-refractivity contribution < 1.29 is 14.5 Å². The highest BCUT2D eigenvalue weighted by Gasteiger charge is 2.09.